The minimum atomic E-state index is -1.39. The first-order valence-corrected chi connectivity index (χ1v) is 9.14. The summed E-state index contributed by atoms with van der Waals surface area (Å²) in [6, 6.07) is 1.27. The van der Waals surface area contributed by atoms with E-state index in [1.165, 1.54) is 10.8 Å². The zero-order valence-corrected chi connectivity index (χ0v) is 14.8. The first kappa shape index (κ1) is 16.7. The molecule has 0 radical (unpaired) electrons. The van der Waals surface area contributed by atoms with Gasteiger partial charge in [-0.3, -0.25) is 9.69 Å². The van der Waals surface area contributed by atoms with Crippen molar-refractivity contribution in [2.24, 2.45) is 0 Å². The number of pyridine rings is 1. The molecule has 2 bridgehead atoms. The SMILES string of the molecule is CN1CC2C[C@@H]1CN2c1c(F)cc2c(=O)c(C(=O)O)cn(C3CC3)c2c1F. The summed E-state index contributed by atoms with van der Waals surface area (Å²) in [5.41, 5.74) is -1.38. The average Bonchev–Trinajstić information content (AvgIpc) is 3.28. The zero-order valence-electron chi connectivity index (χ0n) is 14.8. The van der Waals surface area contributed by atoms with Gasteiger partial charge < -0.3 is 14.6 Å². The van der Waals surface area contributed by atoms with Crippen molar-refractivity contribution >= 4 is 22.6 Å². The van der Waals surface area contributed by atoms with E-state index in [9.17, 15) is 19.1 Å². The maximum absolute atomic E-state index is 15.6. The standard InChI is InChI=1S/C19H19F2N3O3/c1-22-6-11-4-10(22)7-23(11)17-14(20)5-12-16(15(17)21)24(9-2-3-9)8-13(18(12)25)19(26)27/h5,8-11H,2-4,6-7H2,1H3,(H,26,27)/t10-,11?/m1/s1. The summed E-state index contributed by atoms with van der Waals surface area (Å²) in [6.07, 6.45) is 3.63. The molecule has 2 aromatic rings. The quantitative estimate of drug-likeness (QED) is 0.891. The minimum absolute atomic E-state index is 0.0139. The number of halogens is 2. The molecular formula is C19H19F2N3O3. The van der Waals surface area contributed by atoms with Crippen LogP contribution in [-0.2, 0) is 0 Å². The lowest BCUT2D eigenvalue weighted by atomic mass is 10.1. The predicted molar refractivity (Wildman–Crippen MR) is 95.5 cm³/mol. The summed E-state index contributed by atoms with van der Waals surface area (Å²) < 4.78 is 32.0. The van der Waals surface area contributed by atoms with Gasteiger partial charge in [-0.2, -0.15) is 0 Å². The largest absolute Gasteiger partial charge is 0.477 e. The molecule has 3 heterocycles. The number of likely N-dealkylation sites (N-methyl/N-ethyl adjacent to an activating group) is 1. The summed E-state index contributed by atoms with van der Waals surface area (Å²) in [6.45, 7) is 1.29. The maximum atomic E-state index is 15.6. The van der Waals surface area contributed by atoms with Gasteiger partial charge in [0.25, 0.3) is 0 Å². The lowest BCUT2D eigenvalue weighted by Gasteiger charge is -2.34. The van der Waals surface area contributed by atoms with E-state index >= 15 is 4.39 Å². The Morgan fingerprint density at radius 3 is 2.48 bits per heavy atom. The zero-order chi connectivity index (χ0) is 19.0. The van der Waals surface area contributed by atoms with Gasteiger partial charge in [0.2, 0.25) is 5.43 Å². The van der Waals surface area contributed by atoms with Crippen molar-refractivity contribution in [3.05, 3.63) is 39.7 Å². The Kier molecular flexibility index (Phi) is 3.40. The van der Waals surface area contributed by atoms with E-state index in [-0.39, 0.29) is 34.7 Å². The Morgan fingerprint density at radius 2 is 1.93 bits per heavy atom. The first-order valence-electron chi connectivity index (χ1n) is 9.14. The molecule has 3 fully saturated rings. The fraction of sp³-hybridized carbons (Fsp3) is 0.474. The lowest BCUT2D eigenvalue weighted by Crippen LogP contribution is -2.45. The highest BCUT2D eigenvalue weighted by molar-refractivity contribution is 5.94. The highest BCUT2D eigenvalue weighted by Gasteiger charge is 2.43. The van der Waals surface area contributed by atoms with Crippen LogP contribution in [0.15, 0.2) is 17.1 Å². The van der Waals surface area contributed by atoms with E-state index in [4.69, 9.17) is 0 Å². The van der Waals surface area contributed by atoms with E-state index in [2.05, 4.69) is 4.90 Å². The van der Waals surface area contributed by atoms with Crippen LogP contribution in [0.1, 0.15) is 35.7 Å². The number of fused-ring (bicyclic) bond motifs is 3. The third kappa shape index (κ3) is 2.32. The average molecular weight is 375 g/mol. The Balaban J connectivity index is 1.76. The summed E-state index contributed by atoms with van der Waals surface area (Å²) in [7, 11) is 2.01. The molecule has 2 atom stereocenters. The van der Waals surface area contributed by atoms with Crippen molar-refractivity contribution in [3.8, 4) is 0 Å². The van der Waals surface area contributed by atoms with Crippen LogP contribution in [0.5, 0.6) is 0 Å². The van der Waals surface area contributed by atoms with Crippen LogP contribution < -0.4 is 10.3 Å². The van der Waals surface area contributed by atoms with Gasteiger partial charge in [0, 0.05) is 37.4 Å². The molecule has 2 aliphatic heterocycles. The van der Waals surface area contributed by atoms with Gasteiger partial charge in [-0.15, -0.1) is 0 Å². The van der Waals surface area contributed by atoms with Crippen LogP contribution >= 0.6 is 0 Å². The number of carboxylic acids is 1. The molecule has 8 heteroatoms. The maximum Gasteiger partial charge on any atom is 0.341 e. The second kappa shape index (κ2) is 5.51. The topological polar surface area (TPSA) is 65.8 Å². The molecule has 1 aromatic heterocycles. The van der Waals surface area contributed by atoms with Gasteiger partial charge in [-0.05, 0) is 32.4 Å². The van der Waals surface area contributed by atoms with Crippen molar-refractivity contribution in [3.63, 3.8) is 0 Å². The van der Waals surface area contributed by atoms with Crippen LogP contribution in [0.2, 0.25) is 0 Å². The second-order valence-electron chi connectivity index (χ2n) is 7.87. The number of anilines is 1. The summed E-state index contributed by atoms with van der Waals surface area (Å²) >= 11 is 0. The number of benzene rings is 1. The fourth-order valence-corrected chi connectivity index (χ4v) is 4.63. The molecule has 1 aliphatic carbocycles. The number of aromatic carboxylic acids is 1. The Morgan fingerprint density at radius 1 is 1.19 bits per heavy atom. The van der Waals surface area contributed by atoms with Crippen LogP contribution in [0.25, 0.3) is 10.9 Å². The smallest absolute Gasteiger partial charge is 0.341 e. The van der Waals surface area contributed by atoms with Gasteiger partial charge >= 0.3 is 5.97 Å². The predicted octanol–water partition coefficient (Wildman–Crippen LogP) is 2.21. The first-order chi connectivity index (χ1) is 12.9. The Labute approximate surface area is 153 Å². The van der Waals surface area contributed by atoms with Crippen molar-refractivity contribution < 1.29 is 18.7 Å². The number of nitrogens with zero attached hydrogens (tertiary/aromatic N) is 3. The number of carbonyl (C=O) groups is 1. The normalized spacial score (nSPS) is 24.9. The van der Waals surface area contributed by atoms with Crippen molar-refractivity contribution in [2.75, 3.05) is 25.0 Å². The monoisotopic (exact) mass is 375 g/mol. The molecule has 5 rings (SSSR count). The van der Waals surface area contributed by atoms with Gasteiger partial charge in [0.05, 0.1) is 10.9 Å². The molecule has 1 N–H and O–H groups in total. The molecule has 0 spiro atoms. The van der Waals surface area contributed by atoms with Crippen LogP contribution in [0.4, 0.5) is 14.5 Å². The van der Waals surface area contributed by atoms with Crippen LogP contribution in [0.3, 0.4) is 0 Å². The lowest BCUT2D eigenvalue weighted by molar-refractivity contribution is 0.0695. The molecule has 0 amide bonds. The Bertz CT molecular complexity index is 1040. The van der Waals surface area contributed by atoms with E-state index in [1.807, 2.05) is 7.05 Å². The molecule has 6 nitrogen and oxygen atoms in total. The highest BCUT2D eigenvalue weighted by atomic mass is 19.1. The van der Waals surface area contributed by atoms with Gasteiger partial charge in [-0.1, -0.05) is 0 Å². The second-order valence-corrected chi connectivity index (χ2v) is 7.87. The number of likely N-dealkylation sites (tertiary alicyclic amines) is 1. The van der Waals surface area contributed by atoms with Crippen LogP contribution in [-0.4, -0.2) is 52.8 Å². The summed E-state index contributed by atoms with van der Waals surface area (Å²) in [5.74, 6) is -2.96. The van der Waals surface area contributed by atoms with E-state index in [0.29, 0.717) is 6.54 Å². The number of rotatable bonds is 3. The minimum Gasteiger partial charge on any atom is -0.477 e. The number of hydrogen-bond donors (Lipinski definition) is 1. The molecule has 1 saturated carbocycles. The van der Waals surface area contributed by atoms with E-state index < -0.39 is 28.6 Å². The van der Waals surface area contributed by atoms with Crippen molar-refractivity contribution in [1.29, 1.82) is 0 Å². The Hall–Kier alpha value is -2.48. The molecule has 27 heavy (non-hydrogen) atoms. The van der Waals surface area contributed by atoms with Gasteiger partial charge in [0.15, 0.2) is 5.82 Å². The molecular weight excluding hydrogens is 356 g/mol. The van der Waals surface area contributed by atoms with Gasteiger partial charge in [-0.25, -0.2) is 13.6 Å². The number of aromatic nitrogens is 1. The van der Waals surface area contributed by atoms with Gasteiger partial charge in [0.1, 0.15) is 17.1 Å². The van der Waals surface area contributed by atoms with Crippen molar-refractivity contribution in [2.45, 2.75) is 37.4 Å². The third-order valence-corrected chi connectivity index (χ3v) is 6.16. The summed E-state index contributed by atoms with van der Waals surface area (Å²) in [4.78, 5) is 27.9. The highest BCUT2D eigenvalue weighted by Crippen LogP contribution is 2.42. The van der Waals surface area contributed by atoms with Crippen molar-refractivity contribution in [1.82, 2.24) is 9.47 Å². The number of piperazine rings is 1. The van der Waals surface area contributed by atoms with E-state index in [0.717, 1.165) is 31.9 Å². The number of carboxylic acid groups (broad SMARTS) is 1. The molecule has 1 aromatic carbocycles. The molecule has 142 valence electrons. The third-order valence-electron chi connectivity index (χ3n) is 6.16. The molecule has 2 saturated heterocycles. The fourth-order valence-electron chi connectivity index (χ4n) is 4.63. The van der Waals surface area contributed by atoms with Crippen LogP contribution in [0, 0.1) is 11.6 Å². The van der Waals surface area contributed by atoms with E-state index in [1.54, 1.807) is 4.90 Å². The molecule has 1 unspecified atom stereocenters. The number of hydrogen-bond acceptors (Lipinski definition) is 4. The molecule has 3 aliphatic rings. The summed E-state index contributed by atoms with van der Waals surface area (Å²) in [5, 5.41) is 9.09.